The van der Waals surface area contributed by atoms with Gasteiger partial charge in [-0.2, -0.15) is 4.31 Å². The van der Waals surface area contributed by atoms with E-state index in [1.807, 2.05) is 6.92 Å². The topological polar surface area (TPSA) is 89.8 Å². The third kappa shape index (κ3) is 2.82. The summed E-state index contributed by atoms with van der Waals surface area (Å²) >= 11 is 6.43. The standard InChI is InChI=1S/C10H13ClN2O5S2/c1-2-7-6-18-4-3-12(7)20(16,17)9-5-8(13(14)15)10(11)19-9/h5,7H,2-4,6H2,1H3. The summed E-state index contributed by atoms with van der Waals surface area (Å²) in [6.07, 6.45) is 0.612. The Morgan fingerprint density at radius 2 is 2.35 bits per heavy atom. The van der Waals surface area contributed by atoms with Crippen LogP contribution in [0.1, 0.15) is 13.3 Å². The highest BCUT2D eigenvalue weighted by molar-refractivity contribution is 7.91. The molecule has 1 aromatic heterocycles. The number of ether oxygens (including phenoxy) is 1. The predicted octanol–water partition coefficient (Wildman–Crippen LogP) is 2.11. The summed E-state index contributed by atoms with van der Waals surface area (Å²) in [5, 5.41) is 10.8. The van der Waals surface area contributed by atoms with Gasteiger partial charge in [0, 0.05) is 18.7 Å². The molecule has 1 aliphatic rings. The molecule has 7 nitrogen and oxygen atoms in total. The van der Waals surface area contributed by atoms with Crippen LogP contribution in [0.25, 0.3) is 0 Å². The van der Waals surface area contributed by atoms with Gasteiger partial charge in [-0.3, -0.25) is 10.1 Å². The molecule has 0 aromatic carbocycles. The maximum Gasteiger partial charge on any atom is 0.300 e. The van der Waals surface area contributed by atoms with Gasteiger partial charge in [0.15, 0.2) is 4.34 Å². The number of sulfonamides is 1. The number of rotatable bonds is 4. The Labute approximate surface area is 125 Å². The molecular weight excluding hydrogens is 328 g/mol. The first-order valence-electron chi connectivity index (χ1n) is 5.91. The monoisotopic (exact) mass is 340 g/mol. The minimum absolute atomic E-state index is 0.102. The van der Waals surface area contributed by atoms with Gasteiger partial charge in [-0.1, -0.05) is 18.5 Å². The number of thiophene rings is 1. The molecule has 2 heterocycles. The molecule has 0 radical (unpaired) electrons. The fourth-order valence-corrected chi connectivity index (χ4v) is 5.45. The van der Waals surface area contributed by atoms with Gasteiger partial charge in [0.25, 0.3) is 15.7 Å². The van der Waals surface area contributed by atoms with Crippen molar-refractivity contribution >= 4 is 38.6 Å². The quantitative estimate of drug-likeness (QED) is 0.618. The second-order valence-electron chi connectivity index (χ2n) is 4.23. The molecule has 1 atom stereocenters. The SMILES string of the molecule is CCC1COCCN1S(=O)(=O)c1cc([N+](=O)[O-])c(Cl)s1. The van der Waals surface area contributed by atoms with E-state index in [-0.39, 0.29) is 26.8 Å². The van der Waals surface area contributed by atoms with Crippen LogP contribution in [0.2, 0.25) is 4.34 Å². The summed E-state index contributed by atoms with van der Waals surface area (Å²) in [5.41, 5.74) is -0.378. The van der Waals surface area contributed by atoms with Gasteiger partial charge in [-0.15, -0.1) is 11.3 Å². The lowest BCUT2D eigenvalue weighted by Crippen LogP contribution is -2.48. The van der Waals surface area contributed by atoms with E-state index >= 15 is 0 Å². The molecule has 0 spiro atoms. The van der Waals surface area contributed by atoms with E-state index in [0.29, 0.717) is 31.0 Å². The van der Waals surface area contributed by atoms with Crippen LogP contribution < -0.4 is 0 Å². The minimum Gasteiger partial charge on any atom is -0.378 e. The Bertz CT molecular complexity index is 615. The van der Waals surface area contributed by atoms with Crippen molar-refractivity contribution in [3.63, 3.8) is 0 Å². The fourth-order valence-electron chi connectivity index (χ4n) is 1.98. The van der Waals surface area contributed by atoms with Crippen LogP contribution in [0.3, 0.4) is 0 Å². The van der Waals surface area contributed by atoms with Gasteiger partial charge in [0.2, 0.25) is 0 Å². The van der Waals surface area contributed by atoms with Crippen LogP contribution in [0, 0.1) is 10.1 Å². The van der Waals surface area contributed by atoms with Crippen molar-refractivity contribution in [1.29, 1.82) is 0 Å². The van der Waals surface area contributed by atoms with E-state index in [9.17, 15) is 18.5 Å². The highest BCUT2D eigenvalue weighted by Gasteiger charge is 2.36. The molecule has 0 amide bonds. The largest absolute Gasteiger partial charge is 0.378 e. The Kier molecular flexibility index (Phi) is 4.65. The number of halogens is 1. The van der Waals surface area contributed by atoms with Crippen molar-refractivity contribution in [1.82, 2.24) is 4.31 Å². The molecular formula is C10H13ClN2O5S2. The van der Waals surface area contributed by atoms with E-state index < -0.39 is 14.9 Å². The molecule has 1 fully saturated rings. The van der Waals surface area contributed by atoms with E-state index in [4.69, 9.17) is 16.3 Å². The van der Waals surface area contributed by atoms with Crippen LogP contribution >= 0.6 is 22.9 Å². The molecule has 1 saturated heterocycles. The number of morpholine rings is 1. The van der Waals surface area contributed by atoms with Crippen molar-refractivity contribution in [2.75, 3.05) is 19.8 Å². The second kappa shape index (κ2) is 5.94. The minimum atomic E-state index is -3.78. The van der Waals surface area contributed by atoms with Gasteiger partial charge < -0.3 is 4.74 Å². The van der Waals surface area contributed by atoms with Crippen molar-refractivity contribution in [2.45, 2.75) is 23.6 Å². The Morgan fingerprint density at radius 3 is 2.90 bits per heavy atom. The van der Waals surface area contributed by atoms with Crippen LogP contribution in [0.5, 0.6) is 0 Å². The molecule has 0 aliphatic carbocycles. The zero-order valence-electron chi connectivity index (χ0n) is 10.6. The molecule has 10 heteroatoms. The average Bonchev–Trinajstić information content (AvgIpc) is 2.81. The van der Waals surface area contributed by atoms with Crippen LogP contribution in [0.15, 0.2) is 10.3 Å². The number of nitrogens with zero attached hydrogens (tertiary/aromatic N) is 2. The Balaban J connectivity index is 2.39. The van der Waals surface area contributed by atoms with Crippen LogP contribution in [0.4, 0.5) is 5.69 Å². The molecule has 112 valence electrons. The van der Waals surface area contributed by atoms with Crippen LogP contribution in [-0.2, 0) is 14.8 Å². The predicted molar refractivity (Wildman–Crippen MR) is 74.8 cm³/mol. The van der Waals surface area contributed by atoms with E-state index in [0.717, 1.165) is 6.07 Å². The number of hydrogen-bond acceptors (Lipinski definition) is 6. The van der Waals surface area contributed by atoms with Crippen molar-refractivity contribution in [2.24, 2.45) is 0 Å². The van der Waals surface area contributed by atoms with E-state index in [2.05, 4.69) is 0 Å². The normalized spacial score (nSPS) is 21.0. The lowest BCUT2D eigenvalue weighted by molar-refractivity contribution is -0.384. The summed E-state index contributed by atoms with van der Waals surface area (Å²) in [6, 6.07) is 0.763. The maximum absolute atomic E-state index is 12.5. The fraction of sp³-hybridized carbons (Fsp3) is 0.600. The molecule has 1 aromatic rings. The molecule has 0 saturated carbocycles. The van der Waals surface area contributed by atoms with Gasteiger partial charge in [0.05, 0.1) is 18.1 Å². The van der Waals surface area contributed by atoms with Crippen LogP contribution in [-0.4, -0.2) is 43.4 Å². The maximum atomic E-state index is 12.5. The molecule has 0 N–H and O–H groups in total. The second-order valence-corrected chi connectivity index (χ2v) is 8.01. The summed E-state index contributed by atoms with van der Waals surface area (Å²) in [6.45, 7) is 2.75. The molecule has 1 unspecified atom stereocenters. The summed E-state index contributed by atoms with van der Waals surface area (Å²) < 4.78 is 31.5. The third-order valence-electron chi connectivity index (χ3n) is 3.05. The first-order valence-corrected chi connectivity index (χ1v) is 8.54. The van der Waals surface area contributed by atoms with Gasteiger partial charge >= 0.3 is 0 Å². The van der Waals surface area contributed by atoms with E-state index in [1.54, 1.807) is 0 Å². The lowest BCUT2D eigenvalue weighted by Gasteiger charge is -2.33. The molecule has 1 aliphatic heterocycles. The third-order valence-corrected chi connectivity index (χ3v) is 6.79. The Morgan fingerprint density at radius 1 is 1.65 bits per heavy atom. The highest BCUT2D eigenvalue weighted by Crippen LogP contribution is 2.38. The molecule has 0 bridgehead atoms. The smallest absolute Gasteiger partial charge is 0.300 e. The van der Waals surface area contributed by atoms with Crippen molar-refractivity contribution < 1.29 is 18.1 Å². The average molecular weight is 341 g/mol. The van der Waals surface area contributed by atoms with Gasteiger partial charge in [0.1, 0.15) is 4.21 Å². The lowest BCUT2D eigenvalue weighted by atomic mass is 10.2. The first-order chi connectivity index (χ1) is 9.37. The zero-order chi connectivity index (χ0) is 14.9. The van der Waals surface area contributed by atoms with Crippen molar-refractivity contribution in [3.8, 4) is 0 Å². The molecule has 2 rings (SSSR count). The number of hydrogen-bond donors (Lipinski definition) is 0. The summed E-state index contributed by atoms with van der Waals surface area (Å²) in [7, 11) is -3.78. The Hall–Kier alpha value is -0.740. The zero-order valence-corrected chi connectivity index (χ0v) is 13.0. The van der Waals surface area contributed by atoms with Crippen molar-refractivity contribution in [3.05, 3.63) is 20.5 Å². The molecule has 20 heavy (non-hydrogen) atoms. The summed E-state index contributed by atoms with van der Waals surface area (Å²) in [4.78, 5) is 10.1. The first kappa shape index (κ1) is 15.6. The van der Waals surface area contributed by atoms with E-state index in [1.165, 1.54) is 4.31 Å². The highest BCUT2D eigenvalue weighted by atomic mass is 35.5. The summed E-state index contributed by atoms with van der Waals surface area (Å²) in [5.74, 6) is 0. The van der Waals surface area contributed by atoms with Gasteiger partial charge in [-0.05, 0) is 6.42 Å². The number of nitro groups is 1. The van der Waals surface area contributed by atoms with Gasteiger partial charge in [-0.25, -0.2) is 8.42 Å².